The third kappa shape index (κ3) is 8.51. The van der Waals surface area contributed by atoms with Crippen LogP contribution in [0.4, 0.5) is 0 Å². The summed E-state index contributed by atoms with van der Waals surface area (Å²) in [4.78, 5) is 11.9. The minimum absolute atomic E-state index is 0. The average Bonchev–Trinajstić information content (AvgIpc) is 2.79. The van der Waals surface area contributed by atoms with Crippen molar-refractivity contribution in [3.8, 4) is 0 Å². The summed E-state index contributed by atoms with van der Waals surface area (Å²) in [6.45, 7) is 8.37. The second-order valence-corrected chi connectivity index (χ2v) is 8.82. The zero-order chi connectivity index (χ0) is 21.2. The van der Waals surface area contributed by atoms with Crippen LogP contribution in [-0.2, 0) is 4.74 Å². The van der Waals surface area contributed by atoms with Crippen molar-refractivity contribution >= 4 is 29.9 Å². The number of benzene rings is 1. The van der Waals surface area contributed by atoms with Gasteiger partial charge in [-0.1, -0.05) is 30.3 Å². The summed E-state index contributed by atoms with van der Waals surface area (Å²) in [5, 5.41) is 3.57. The molecule has 1 aromatic rings. The fourth-order valence-electron chi connectivity index (χ4n) is 4.60. The molecule has 0 aromatic heterocycles. The minimum atomic E-state index is 0. The fourth-order valence-corrected chi connectivity index (χ4v) is 4.60. The Balaban J connectivity index is 0.00000341. The topological polar surface area (TPSA) is 43.3 Å². The molecule has 1 aromatic carbocycles. The zero-order valence-electron chi connectivity index (χ0n) is 19.6. The van der Waals surface area contributed by atoms with Crippen molar-refractivity contribution in [3.05, 3.63) is 35.9 Å². The molecule has 0 radical (unpaired) electrons. The summed E-state index contributed by atoms with van der Waals surface area (Å²) in [7, 11) is 6.27. The molecule has 1 atom stereocenters. The van der Waals surface area contributed by atoms with E-state index in [1.807, 2.05) is 7.05 Å². The van der Waals surface area contributed by atoms with Gasteiger partial charge in [-0.15, -0.1) is 24.0 Å². The number of ether oxygens (including phenoxy) is 1. The molecule has 0 saturated carbocycles. The smallest absolute Gasteiger partial charge is 0.193 e. The molecule has 176 valence electrons. The van der Waals surface area contributed by atoms with Crippen LogP contribution >= 0.6 is 24.0 Å². The van der Waals surface area contributed by atoms with Gasteiger partial charge in [0, 0.05) is 72.6 Å². The summed E-state index contributed by atoms with van der Waals surface area (Å²) in [6.07, 6.45) is 4.75. The van der Waals surface area contributed by atoms with E-state index in [0.29, 0.717) is 6.04 Å². The lowest BCUT2D eigenvalue weighted by Gasteiger charge is -2.40. The quantitative estimate of drug-likeness (QED) is 0.236. The number of aliphatic imine (C=N–C) groups is 1. The van der Waals surface area contributed by atoms with Crippen LogP contribution in [-0.4, -0.2) is 94.3 Å². The van der Waals surface area contributed by atoms with E-state index < -0.39 is 0 Å². The van der Waals surface area contributed by atoms with Gasteiger partial charge in [0.2, 0.25) is 0 Å². The van der Waals surface area contributed by atoms with E-state index >= 15 is 0 Å². The molecule has 2 aliphatic rings. The molecule has 0 amide bonds. The lowest BCUT2D eigenvalue weighted by molar-refractivity contribution is 0.0625. The lowest BCUT2D eigenvalue weighted by Crippen LogP contribution is -2.47. The Bertz CT molecular complexity index is 638. The van der Waals surface area contributed by atoms with Crippen LogP contribution in [0, 0.1) is 5.92 Å². The maximum Gasteiger partial charge on any atom is 0.193 e. The molecule has 1 unspecified atom stereocenters. The molecular formula is C24H42IN5O. The number of halogens is 1. The standard InChI is InChI=1S/C24H41N5O.HI/c1-25-24(28(3)15-10-21-11-18-30-19-12-21)26-13-7-14-29-17-16-27(2)20-23(29)22-8-5-4-6-9-22;/h4-6,8-9,21,23H,7,10-20H2,1-3H3,(H,25,26);1H. The molecule has 0 spiro atoms. The summed E-state index contributed by atoms with van der Waals surface area (Å²) in [5.41, 5.74) is 1.43. The Hall–Kier alpha value is -0.900. The minimum Gasteiger partial charge on any atom is -0.381 e. The molecule has 6 nitrogen and oxygen atoms in total. The number of hydrogen-bond donors (Lipinski definition) is 1. The second kappa shape index (κ2) is 14.3. The molecule has 3 rings (SSSR count). The first-order valence-corrected chi connectivity index (χ1v) is 11.6. The predicted octanol–water partition coefficient (Wildman–Crippen LogP) is 3.31. The highest BCUT2D eigenvalue weighted by Crippen LogP contribution is 2.24. The second-order valence-electron chi connectivity index (χ2n) is 8.82. The van der Waals surface area contributed by atoms with Crippen LogP contribution < -0.4 is 5.32 Å². The number of hydrogen-bond acceptors (Lipinski definition) is 4. The number of nitrogens with zero attached hydrogens (tertiary/aromatic N) is 4. The van der Waals surface area contributed by atoms with Gasteiger partial charge in [-0.05, 0) is 44.2 Å². The molecule has 7 heteroatoms. The third-order valence-electron chi connectivity index (χ3n) is 6.57. The van der Waals surface area contributed by atoms with Crippen LogP contribution in [0.3, 0.4) is 0 Å². The molecule has 0 bridgehead atoms. The highest BCUT2D eigenvalue weighted by atomic mass is 127. The zero-order valence-corrected chi connectivity index (χ0v) is 22.0. The largest absolute Gasteiger partial charge is 0.381 e. The van der Waals surface area contributed by atoms with Crippen molar-refractivity contribution in [2.24, 2.45) is 10.9 Å². The number of rotatable bonds is 8. The fraction of sp³-hybridized carbons (Fsp3) is 0.708. The van der Waals surface area contributed by atoms with Gasteiger partial charge in [0.25, 0.3) is 0 Å². The summed E-state index contributed by atoms with van der Waals surface area (Å²) >= 11 is 0. The van der Waals surface area contributed by atoms with Gasteiger partial charge in [-0.25, -0.2) is 0 Å². The molecule has 0 aliphatic carbocycles. The highest BCUT2D eigenvalue weighted by molar-refractivity contribution is 14.0. The van der Waals surface area contributed by atoms with Gasteiger partial charge < -0.3 is 19.9 Å². The van der Waals surface area contributed by atoms with Crippen molar-refractivity contribution in [1.82, 2.24) is 20.0 Å². The molecular weight excluding hydrogens is 501 g/mol. The van der Waals surface area contributed by atoms with E-state index in [-0.39, 0.29) is 24.0 Å². The Morgan fingerprint density at radius 3 is 2.65 bits per heavy atom. The molecule has 2 aliphatic heterocycles. The molecule has 31 heavy (non-hydrogen) atoms. The van der Waals surface area contributed by atoms with Crippen LogP contribution in [0.25, 0.3) is 0 Å². The van der Waals surface area contributed by atoms with E-state index in [9.17, 15) is 0 Å². The van der Waals surface area contributed by atoms with Crippen molar-refractivity contribution in [2.75, 3.05) is 73.6 Å². The first-order valence-electron chi connectivity index (χ1n) is 11.6. The van der Waals surface area contributed by atoms with Crippen LogP contribution in [0.15, 0.2) is 35.3 Å². The maximum atomic E-state index is 5.48. The van der Waals surface area contributed by atoms with Gasteiger partial charge in [0.05, 0.1) is 0 Å². The van der Waals surface area contributed by atoms with E-state index in [1.165, 1.54) is 24.8 Å². The van der Waals surface area contributed by atoms with Crippen LogP contribution in [0.2, 0.25) is 0 Å². The van der Waals surface area contributed by atoms with E-state index in [4.69, 9.17) is 4.74 Å². The van der Waals surface area contributed by atoms with E-state index in [0.717, 1.165) is 70.8 Å². The monoisotopic (exact) mass is 543 g/mol. The van der Waals surface area contributed by atoms with E-state index in [1.54, 1.807) is 0 Å². The summed E-state index contributed by atoms with van der Waals surface area (Å²) in [5.74, 6) is 1.81. The Morgan fingerprint density at radius 2 is 1.94 bits per heavy atom. The SMILES string of the molecule is CN=C(NCCCN1CCN(C)CC1c1ccccc1)N(C)CCC1CCOCC1.I. The van der Waals surface area contributed by atoms with Crippen LogP contribution in [0.1, 0.15) is 37.3 Å². The van der Waals surface area contributed by atoms with Gasteiger partial charge in [0.15, 0.2) is 5.96 Å². The molecule has 2 saturated heterocycles. The lowest BCUT2D eigenvalue weighted by atomic mass is 9.96. The molecule has 2 heterocycles. The first kappa shape index (κ1) is 26.4. The Morgan fingerprint density at radius 1 is 1.19 bits per heavy atom. The van der Waals surface area contributed by atoms with Crippen molar-refractivity contribution in [2.45, 2.75) is 31.7 Å². The van der Waals surface area contributed by atoms with E-state index in [2.05, 4.69) is 69.4 Å². The summed E-state index contributed by atoms with van der Waals surface area (Å²) < 4.78 is 5.48. The highest BCUT2D eigenvalue weighted by Gasteiger charge is 2.26. The maximum absolute atomic E-state index is 5.48. The molecule has 2 fully saturated rings. The average molecular weight is 544 g/mol. The number of piperazine rings is 1. The number of likely N-dealkylation sites (N-methyl/N-ethyl adjacent to an activating group) is 1. The van der Waals surface area contributed by atoms with Gasteiger partial charge in [0.1, 0.15) is 0 Å². The van der Waals surface area contributed by atoms with Gasteiger partial charge >= 0.3 is 0 Å². The Labute approximate surface area is 206 Å². The summed E-state index contributed by atoms with van der Waals surface area (Å²) in [6, 6.07) is 11.4. The van der Waals surface area contributed by atoms with Gasteiger partial charge in [-0.2, -0.15) is 0 Å². The number of nitrogens with one attached hydrogen (secondary N) is 1. The number of guanidine groups is 1. The van der Waals surface area contributed by atoms with Crippen molar-refractivity contribution in [3.63, 3.8) is 0 Å². The molecule has 1 N–H and O–H groups in total. The van der Waals surface area contributed by atoms with Crippen molar-refractivity contribution in [1.29, 1.82) is 0 Å². The van der Waals surface area contributed by atoms with Crippen LogP contribution in [0.5, 0.6) is 0 Å². The predicted molar refractivity (Wildman–Crippen MR) is 140 cm³/mol. The first-order chi connectivity index (χ1) is 14.7. The third-order valence-corrected chi connectivity index (χ3v) is 6.57. The Kier molecular flexibility index (Phi) is 12.1. The van der Waals surface area contributed by atoms with Gasteiger partial charge in [-0.3, -0.25) is 9.89 Å². The van der Waals surface area contributed by atoms with Crippen molar-refractivity contribution < 1.29 is 4.74 Å². The normalized spacial score (nSPS) is 21.5.